The number of allylic oxidation sites excluding steroid dienone is 6. The fourth-order valence-corrected chi connectivity index (χ4v) is 6.25. The molecule has 0 heterocycles. The summed E-state index contributed by atoms with van der Waals surface area (Å²) in [7, 11) is 0. The lowest BCUT2D eigenvalue weighted by Crippen LogP contribution is -2.48. The van der Waals surface area contributed by atoms with Crippen LogP contribution < -0.4 is 0 Å². The van der Waals surface area contributed by atoms with Crippen molar-refractivity contribution in [1.29, 1.82) is 0 Å². The van der Waals surface area contributed by atoms with E-state index in [-0.39, 0.29) is 16.8 Å². The molecular weight excluding hydrogens is 296 g/mol. The highest BCUT2D eigenvalue weighted by Gasteiger charge is 2.56. The van der Waals surface area contributed by atoms with E-state index < -0.39 is 0 Å². The molecule has 0 saturated heterocycles. The second kappa shape index (κ2) is 5.34. The third kappa shape index (κ3) is 2.18. The topological polar surface area (TPSA) is 26.3 Å². The Balaban J connectivity index is 1.65. The summed E-state index contributed by atoms with van der Waals surface area (Å²) in [6, 6.07) is 0. The predicted octanol–water partition coefficient (Wildman–Crippen LogP) is 5.42. The van der Waals surface area contributed by atoms with E-state index >= 15 is 0 Å². The number of carbonyl (C=O) groups is 1. The van der Waals surface area contributed by atoms with Crippen molar-refractivity contribution in [2.24, 2.45) is 34.5 Å². The van der Waals surface area contributed by atoms with Crippen LogP contribution in [0.25, 0.3) is 0 Å². The first kappa shape index (κ1) is 16.2. The van der Waals surface area contributed by atoms with Crippen LogP contribution in [-0.2, 0) is 9.53 Å². The zero-order valence-corrected chi connectivity index (χ0v) is 15.5. The van der Waals surface area contributed by atoms with Crippen molar-refractivity contribution in [1.82, 2.24) is 0 Å². The van der Waals surface area contributed by atoms with Gasteiger partial charge in [-0.05, 0) is 61.9 Å². The summed E-state index contributed by atoms with van der Waals surface area (Å²) < 4.78 is 5.60. The quantitative estimate of drug-likeness (QED) is 0.475. The summed E-state index contributed by atoms with van der Waals surface area (Å²) in [5.41, 5.74) is 1.98. The van der Waals surface area contributed by atoms with Crippen LogP contribution in [0.15, 0.2) is 35.6 Å². The molecule has 2 heteroatoms. The van der Waals surface area contributed by atoms with Gasteiger partial charge in [0.15, 0.2) is 0 Å². The van der Waals surface area contributed by atoms with E-state index in [1.807, 2.05) is 0 Å². The van der Waals surface area contributed by atoms with Crippen molar-refractivity contribution in [3.63, 3.8) is 0 Å². The Morgan fingerprint density at radius 2 is 2.00 bits per heavy atom. The molecule has 4 aliphatic rings. The zero-order chi connectivity index (χ0) is 17.1. The summed E-state index contributed by atoms with van der Waals surface area (Å²) in [5.74, 6) is 3.52. The van der Waals surface area contributed by atoms with Crippen LogP contribution in [0.4, 0.5) is 0 Å². The van der Waals surface area contributed by atoms with Gasteiger partial charge in [-0.15, -0.1) is 0 Å². The van der Waals surface area contributed by atoms with Gasteiger partial charge in [0, 0.05) is 17.8 Å². The SMILES string of the molecule is CC(=O)OC1=CCC2C3CC=C4CC(C)C=C[C@]4(C)C3CC[C@]12C. The minimum absolute atomic E-state index is 0.0558. The van der Waals surface area contributed by atoms with Gasteiger partial charge in [-0.25, -0.2) is 0 Å². The van der Waals surface area contributed by atoms with Gasteiger partial charge in [0.2, 0.25) is 0 Å². The molecule has 0 bridgehead atoms. The average molecular weight is 326 g/mol. The maximum absolute atomic E-state index is 11.5. The van der Waals surface area contributed by atoms with Crippen molar-refractivity contribution in [2.45, 2.75) is 59.8 Å². The van der Waals surface area contributed by atoms with Crippen LogP contribution in [0.2, 0.25) is 0 Å². The van der Waals surface area contributed by atoms with Gasteiger partial charge >= 0.3 is 5.97 Å². The van der Waals surface area contributed by atoms with E-state index in [1.54, 1.807) is 5.57 Å². The van der Waals surface area contributed by atoms with Crippen molar-refractivity contribution >= 4 is 5.97 Å². The maximum Gasteiger partial charge on any atom is 0.307 e. The number of hydrogen-bond acceptors (Lipinski definition) is 2. The molecule has 0 amide bonds. The average Bonchev–Trinajstić information content (AvgIpc) is 2.84. The van der Waals surface area contributed by atoms with Gasteiger partial charge in [-0.2, -0.15) is 0 Å². The molecule has 4 unspecified atom stereocenters. The molecule has 0 spiro atoms. The fourth-order valence-electron chi connectivity index (χ4n) is 6.25. The third-order valence-electron chi connectivity index (χ3n) is 7.61. The lowest BCUT2D eigenvalue weighted by atomic mass is 9.49. The number of rotatable bonds is 1. The molecule has 0 aliphatic heterocycles. The number of hydrogen-bond donors (Lipinski definition) is 0. The molecule has 1 saturated carbocycles. The number of fused-ring (bicyclic) bond motifs is 5. The molecule has 0 aromatic rings. The Bertz CT molecular complexity index is 655. The van der Waals surface area contributed by atoms with Crippen LogP contribution in [0, 0.1) is 34.5 Å². The molecule has 0 N–H and O–H groups in total. The molecule has 1 fully saturated rings. The van der Waals surface area contributed by atoms with Crippen molar-refractivity contribution < 1.29 is 9.53 Å². The van der Waals surface area contributed by atoms with Gasteiger partial charge in [0.25, 0.3) is 0 Å². The van der Waals surface area contributed by atoms with Gasteiger partial charge < -0.3 is 4.74 Å². The highest BCUT2D eigenvalue weighted by atomic mass is 16.5. The lowest BCUT2D eigenvalue weighted by Gasteiger charge is -2.56. The van der Waals surface area contributed by atoms with Crippen molar-refractivity contribution in [3.05, 3.63) is 35.6 Å². The summed E-state index contributed by atoms with van der Waals surface area (Å²) in [5, 5.41) is 0. The third-order valence-corrected chi connectivity index (χ3v) is 7.61. The Morgan fingerprint density at radius 1 is 1.21 bits per heavy atom. The normalized spacial score (nSPS) is 46.3. The Kier molecular flexibility index (Phi) is 3.60. The van der Waals surface area contributed by atoms with E-state index in [9.17, 15) is 4.79 Å². The molecule has 6 atom stereocenters. The van der Waals surface area contributed by atoms with E-state index in [0.717, 1.165) is 24.5 Å². The zero-order valence-electron chi connectivity index (χ0n) is 15.5. The number of carbonyl (C=O) groups excluding carboxylic acids is 1. The first-order valence-electron chi connectivity index (χ1n) is 9.62. The summed E-state index contributed by atoms with van der Waals surface area (Å²) in [6.07, 6.45) is 15.6. The molecule has 24 heavy (non-hydrogen) atoms. The fraction of sp³-hybridized carbons (Fsp3) is 0.682. The second-order valence-electron chi connectivity index (χ2n) is 9.02. The van der Waals surface area contributed by atoms with Gasteiger partial charge in [-0.1, -0.05) is 44.6 Å². The molecule has 130 valence electrons. The molecule has 0 radical (unpaired) electrons. The second-order valence-corrected chi connectivity index (χ2v) is 9.02. The number of ether oxygens (including phenoxy) is 1. The highest BCUT2D eigenvalue weighted by Crippen LogP contribution is 2.64. The van der Waals surface area contributed by atoms with Gasteiger partial charge in [0.05, 0.1) is 0 Å². The molecule has 4 aliphatic carbocycles. The maximum atomic E-state index is 11.5. The molecule has 0 aromatic carbocycles. The summed E-state index contributed by atoms with van der Waals surface area (Å²) in [6.45, 7) is 8.65. The van der Waals surface area contributed by atoms with Gasteiger partial charge in [-0.3, -0.25) is 4.79 Å². The van der Waals surface area contributed by atoms with E-state index in [1.165, 1.54) is 26.2 Å². The summed E-state index contributed by atoms with van der Waals surface area (Å²) in [4.78, 5) is 11.5. The van der Waals surface area contributed by atoms with E-state index in [4.69, 9.17) is 4.74 Å². The Labute approximate surface area is 146 Å². The first-order valence-corrected chi connectivity index (χ1v) is 9.62. The Morgan fingerprint density at radius 3 is 2.75 bits per heavy atom. The van der Waals surface area contributed by atoms with E-state index in [0.29, 0.717) is 17.8 Å². The number of esters is 1. The van der Waals surface area contributed by atoms with Crippen LogP contribution in [-0.4, -0.2) is 5.97 Å². The Hall–Kier alpha value is -1.31. The van der Waals surface area contributed by atoms with Crippen LogP contribution >= 0.6 is 0 Å². The summed E-state index contributed by atoms with van der Waals surface area (Å²) >= 11 is 0. The minimum atomic E-state index is -0.174. The molecule has 0 aromatic heterocycles. The highest BCUT2D eigenvalue weighted by molar-refractivity contribution is 5.67. The molecule has 2 nitrogen and oxygen atoms in total. The van der Waals surface area contributed by atoms with Crippen molar-refractivity contribution in [3.8, 4) is 0 Å². The van der Waals surface area contributed by atoms with Crippen LogP contribution in [0.5, 0.6) is 0 Å². The lowest BCUT2D eigenvalue weighted by molar-refractivity contribution is -0.140. The van der Waals surface area contributed by atoms with Crippen LogP contribution in [0.3, 0.4) is 0 Å². The minimum Gasteiger partial charge on any atom is -0.431 e. The monoisotopic (exact) mass is 326 g/mol. The van der Waals surface area contributed by atoms with Gasteiger partial charge in [0.1, 0.15) is 5.76 Å². The van der Waals surface area contributed by atoms with Crippen LogP contribution in [0.1, 0.15) is 59.8 Å². The first-order chi connectivity index (χ1) is 11.3. The standard InChI is InChI=1S/C22H30O2/c1-14-9-11-21(3)16(13-14)5-6-17-18-7-8-20(24-15(2)23)22(18,4)12-10-19(17)21/h5,8-9,11,14,17-19H,6-7,10,12-13H2,1-4H3/t14?,17?,18?,19?,21-,22-/m0/s1. The molecular formula is C22H30O2. The smallest absolute Gasteiger partial charge is 0.307 e. The predicted molar refractivity (Wildman–Crippen MR) is 96.0 cm³/mol. The van der Waals surface area contributed by atoms with E-state index in [2.05, 4.69) is 45.1 Å². The molecule has 4 rings (SSSR count). The largest absolute Gasteiger partial charge is 0.431 e. The van der Waals surface area contributed by atoms with Crippen molar-refractivity contribution in [2.75, 3.05) is 0 Å².